The molecular weight excluding hydrogens is 338 g/mol. The molecule has 2 aromatic rings. The lowest BCUT2D eigenvalue weighted by atomic mass is 9.99. The lowest BCUT2D eigenvalue weighted by Gasteiger charge is -2.39. The number of aryl methyl sites for hydroxylation is 1. The van der Waals surface area contributed by atoms with E-state index in [1.165, 1.54) is 12.8 Å². The quantitative estimate of drug-likeness (QED) is 0.831. The molecule has 2 aliphatic rings. The van der Waals surface area contributed by atoms with Gasteiger partial charge in [-0.15, -0.1) is 0 Å². The Morgan fingerprint density at radius 2 is 2.00 bits per heavy atom. The molecule has 4 rings (SSSR count). The first-order chi connectivity index (χ1) is 13.2. The molecule has 0 spiro atoms. The molecule has 0 bridgehead atoms. The first-order valence-corrected chi connectivity index (χ1v) is 10.5. The number of aromatic nitrogens is 3. The van der Waals surface area contributed by atoms with Gasteiger partial charge in [-0.1, -0.05) is 13.3 Å². The van der Waals surface area contributed by atoms with Crippen LogP contribution in [-0.2, 0) is 11.2 Å². The average Bonchev–Trinajstić information content (AvgIpc) is 3.06. The Bertz CT molecular complexity index is 793. The molecule has 2 aromatic heterocycles. The number of pyridine rings is 1. The summed E-state index contributed by atoms with van der Waals surface area (Å²) in [5.41, 5.74) is 1.99. The van der Waals surface area contributed by atoms with Crippen molar-refractivity contribution in [2.24, 2.45) is 0 Å². The molecule has 2 saturated heterocycles. The van der Waals surface area contributed by atoms with Crippen molar-refractivity contribution in [1.82, 2.24) is 24.3 Å². The summed E-state index contributed by atoms with van der Waals surface area (Å²) in [5, 5.41) is 0. The van der Waals surface area contributed by atoms with Gasteiger partial charge in [0.2, 0.25) is 5.91 Å². The molecule has 1 amide bonds. The van der Waals surface area contributed by atoms with Gasteiger partial charge in [0.05, 0.1) is 6.04 Å². The first-order valence-electron chi connectivity index (χ1n) is 10.5. The van der Waals surface area contributed by atoms with E-state index in [0.29, 0.717) is 11.9 Å². The van der Waals surface area contributed by atoms with Crippen LogP contribution < -0.4 is 0 Å². The molecule has 2 aliphatic heterocycles. The number of hydrogen-bond acceptors (Lipinski definition) is 4. The fourth-order valence-corrected chi connectivity index (χ4v) is 4.70. The van der Waals surface area contributed by atoms with E-state index in [-0.39, 0.29) is 6.04 Å². The molecule has 0 aromatic carbocycles. The summed E-state index contributed by atoms with van der Waals surface area (Å²) in [7, 11) is 2.09. The third-order valence-electron chi connectivity index (χ3n) is 6.19. The predicted molar refractivity (Wildman–Crippen MR) is 107 cm³/mol. The van der Waals surface area contributed by atoms with Crippen molar-refractivity contribution in [2.45, 2.75) is 64.0 Å². The standard InChI is InChI=1S/C21H31N5O/c1-3-7-19-23-17-8-6-12-22-20(17)26(19)16-10-14-25(15-11-16)21(27)18-9-4-5-13-24(18)2/h6,8,12,16,18H,3-5,7,9-11,13-15H2,1-2H3. The maximum atomic E-state index is 13.0. The maximum absolute atomic E-state index is 13.0. The minimum atomic E-state index is 0.0849. The van der Waals surface area contributed by atoms with Crippen molar-refractivity contribution < 1.29 is 4.79 Å². The van der Waals surface area contributed by atoms with Gasteiger partial charge in [-0.2, -0.15) is 0 Å². The molecule has 4 heterocycles. The molecule has 0 N–H and O–H groups in total. The molecule has 2 fully saturated rings. The van der Waals surface area contributed by atoms with Crippen molar-refractivity contribution in [3.63, 3.8) is 0 Å². The molecular formula is C21H31N5O. The third kappa shape index (κ3) is 3.59. The third-order valence-corrected chi connectivity index (χ3v) is 6.19. The summed E-state index contributed by atoms with van der Waals surface area (Å²) in [6.07, 6.45) is 9.27. The Kier molecular flexibility index (Phi) is 5.43. The zero-order valence-electron chi connectivity index (χ0n) is 16.6. The monoisotopic (exact) mass is 369 g/mol. The van der Waals surface area contributed by atoms with E-state index in [0.717, 1.165) is 68.7 Å². The van der Waals surface area contributed by atoms with Crippen molar-refractivity contribution in [3.8, 4) is 0 Å². The minimum Gasteiger partial charge on any atom is -0.341 e. The Morgan fingerprint density at radius 1 is 1.19 bits per heavy atom. The van der Waals surface area contributed by atoms with Gasteiger partial charge in [0.25, 0.3) is 0 Å². The lowest BCUT2D eigenvalue weighted by Crippen LogP contribution is -2.51. The SMILES string of the molecule is CCCc1nc2cccnc2n1C1CCN(C(=O)C2CCCCN2C)CC1. The van der Waals surface area contributed by atoms with Gasteiger partial charge in [0, 0.05) is 31.7 Å². The van der Waals surface area contributed by atoms with Gasteiger partial charge in [0.1, 0.15) is 11.3 Å². The van der Waals surface area contributed by atoms with Crippen LogP contribution in [0.25, 0.3) is 11.2 Å². The van der Waals surface area contributed by atoms with Gasteiger partial charge in [-0.3, -0.25) is 9.69 Å². The highest BCUT2D eigenvalue weighted by Gasteiger charge is 2.33. The van der Waals surface area contributed by atoms with Gasteiger partial charge >= 0.3 is 0 Å². The highest BCUT2D eigenvalue weighted by Crippen LogP contribution is 2.29. The normalized spacial score (nSPS) is 22.4. The van der Waals surface area contributed by atoms with Crippen LogP contribution in [0.15, 0.2) is 18.3 Å². The predicted octanol–water partition coefficient (Wildman–Crippen LogP) is 3.03. The molecule has 6 heteroatoms. The summed E-state index contributed by atoms with van der Waals surface area (Å²) in [5.74, 6) is 1.47. The second-order valence-corrected chi connectivity index (χ2v) is 8.04. The highest BCUT2D eigenvalue weighted by atomic mass is 16.2. The number of hydrogen-bond donors (Lipinski definition) is 0. The van der Waals surface area contributed by atoms with Crippen LogP contribution in [0.5, 0.6) is 0 Å². The Balaban J connectivity index is 1.48. The fourth-order valence-electron chi connectivity index (χ4n) is 4.70. The molecule has 1 atom stereocenters. The van der Waals surface area contributed by atoms with Crippen LogP contribution in [0.3, 0.4) is 0 Å². The second kappa shape index (κ2) is 7.97. The number of piperidine rings is 2. The first kappa shape index (κ1) is 18.4. The largest absolute Gasteiger partial charge is 0.341 e. The van der Waals surface area contributed by atoms with Crippen LogP contribution in [0.1, 0.15) is 57.3 Å². The number of nitrogens with zero attached hydrogens (tertiary/aromatic N) is 5. The van der Waals surface area contributed by atoms with Crippen LogP contribution in [0, 0.1) is 0 Å². The zero-order chi connectivity index (χ0) is 18.8. The number of likely N-dealkylation sites (tertiary alicyclic amines) is 2. The second-order valence-electron chi connectivity index (χ2n) is 8.04. The van der Waals surface area contributed by atoms with E-state index in [1.807, 2.05) is 12.3 Å². The molecule has 0 radical (unpaired) electrons. The smallest absolute Gasteiger partial charge is 0.239 e. The van der Waals surface area contributed by atoms with Gasteiger partial charge in [-0.05, 0) is 57.8 Å². The Hall–Kier alpha value is -1.95. The molecule has 1 unspecified atom stereocenters. The molecule has 146 valence electrons. The summed E-state index contributed by atoms with van der Waals surface area (Å²) in [6.45, 7) is 4.91. The number of fused-ring (bicyclic) bond motifs is 1. The number of carbonyl (C=O) groups excluding carboxylic acids is 1. The maximum Gasteiger partial charge on any atom is 0.239 e. The van der Waals surface area contributed by atoms with Crippen molar-refractivity contribution >= 4 is 17.1 Å². The minimum absolute atomic E-state index is 0.0849. The van der Waals surface area contributed by atoms with Crippen LogP contribution in [-0.4, -0.2) is 63.0 Å². The fraction of sp³-hybridized carbons (Fsp3) is 0.667. The topological polar surface area (TPSA) is 54.3 Å². The van der Waals surface area contributed by atoms with E-state index in [1.54, 1.807) is 0 Å². The van der Waals surface area contributed by atoms with Gasteiger partial charge in [-0.25, -0.2) is 9.97 Å². The van der Waals surface area contributed by atoms with Crippen LogP contribution >= 0.6 is 0 Å². The molecule has 0 saturated carbocycles. The summed E-state index contributed by atoms with van der Waals surface area (Å²) in [6, 6.07) is 4.48. The Morgan fingerprint density at radius 3 is 2.74 bits per heavy atom. The zero-order valence-corrected chi connectivity index (χ0v) is 16.6. The van der Waals surface area contributed by atoms with E-state index in [9.17, 15) is 4.79 Å². The lowest BCUT2D eigenvalue weighted by molar-refractivity contribution is -0.139. The van der Waals surface area contributed by atoms with E-state index < -0.39 is 0 Å². The number of amides is 1. The van der Waals surface area contributed by atoms with Gasteiger partial charge < -0.3 is 9.47 Å². The Labute approximate surface area is 161 Å². The highest BCUT2D eigenvalue weighted by molar-refractivity contribution is 5.82. The average molecular weight is 370 g/mol. The number of likely N-dealkylation sites (N-methyl/N-ethyl adjacent to an activating group) is 1. The summed E-state index contributed by atoms with van der Waals surface area (Å²) in [4.78, 5) is 26.8. The van der Waals surface area contributed by atoms with Crippen LogP contribution in [0.2, 0.25) is 0 Å². The van der Waals surface area contributed by atoms with E-state index in [4.69, 9.17) is 4.98 Å². The van der Waals surface area contributed by atoms with Crippen molar-refractivity contribution in [2.75, 3.05) is 26.7 Å². The van der Waals surface area contributed by atoms with E-state index in [2.05, 4.69) is 39.4 Å². The molecule has 6 nitrogen and oxygen atoms in total. The number of carbonyl (C=O) groups is 1. The van der Waals surface area contributed by atoms with Crippen molar-refractivity contribution in [1.29, 1.82) is 0 Å². The summed E-state index contributed by atoms with van der Waals surface area (Å²) < 4.78 is 2.35. The van der Waals surface area contributed by atoms with Crippen LogP contribution in [0.4, 0.5) is 0 Å². The number of imidazole rings is 1. The molecule has 0 aliphatic carbocycles. The summed E-state index contributed by atoms with van der Waals surface area (Å²) >= 11 is 0. The van der Waals surface area contributed by atoms with Crippen molar-refractivity contribution in [3.05, 3.63) is 24.2 Å². The van der Waals surface area contributed by atoms with Gasteiger partial charge in [0.15, 0.2) is 5.65 Å². The van der Waals surface area contributed by atoms with E-state index >= 15 is 0 Å². The molecule has 27 heavy (non-hydrogen) atoms. The number of rotatable bonds is 4.